The molecule has 1 aromatic rings. The molecule has 0 saturated carbocycles. The molecule has 3 N–H and O–H groups in total. The van der Waals surface area contributed by atoms with Crippen LogP contribution in [0.25, 0.3) is 0 Å². The van der Waals surface area contributed by atoms with Gasteiger partial charge in [-0.1, -0.05) is 13.8 Å². The van der Waals surface area contributed by atoms with E-state index in [1.54, 1.807) is 6.20 Å². The first kappa shape index (κ1) is 11.8. The molecule has 0 saturated heterocycles. The summed E-state index contributed by atoms with van der Waals surface area (Å²) >= 11 is 0. The lowest BCUT2D eigenvalue weighted by Gasteiger charge is -2.24. The van der Waals surface area contributed by atoms with Gasteiger partial charge in [0.05, 0.1) is 13.0 Å². The van der Waals surface area contributed by atoms with Crippen molar-refractivity contribution in [2.45, 2.75) is 19.9 Å². The highest BCUT2D eigenvalue weighted by atomic mass is 16.5. The Morgan fingerprint density at radius 1 is 1.53 bits per heavy atom. The molecule has 4 heteroatoms. The summed E-state index contributed by atoms with van der Waals surface area (Å²) in [5.41, 5.74) is 6.97. The number of nitrogens with one attached hydrogen (secondary N) is 1. The third-order valence-electron chi connectivity index (χ3n) is 2.59. The fraction of sp³-hybridized carbons (Fsp3) is 0.545. The molecule has 0 aliphatic heterocycles. The number of H-pyrrole nitrogens is 1. The van der Waals surface area contributed by atoms with Crippen LogP contribution >= 0.6 is 0 Å². The first-order valence-electron chi connectivity index (χ1n) is 5.04. The van der Waals surface area contributed by atoms with Gasteiger partial charge in [0.15, 0.2) is 0 Å². The van der Waals surface area contributed by atoms with E-state index in [1.807, 2.05) is 26.1 Å². The van der Waals surface area contributed by atoms with Crippen LogP contribution in [0, 0.1) is 11.8 Å². The van der Waals surface area contributed by atoms with Crippen LogP contribution in [-0.4, -0.2) is 18.1 Å². The molecule has 4 nitrogen and oxygen atoms in total. The van der Waals surface area contributed by atoms with Crippen LogP contribution in [0.15, 0.2) is 18.5 Å². The maximum Gasteiger partial charge on any atom is 0.310 e. The summed E-state index contributed by atoms with van der Waals surface area (Å²) in [4.78, 5) is 14.5. The highest BCUT2D eigenvalue weighted by Crippen LogP contribution is 2.26. The van der Waals surface area contributed by atoms with Crippen LogP contribution in [0.2, 0.25) is 0 Å². The van der Waals surface area contributed by atoms with Gasteiger partial charge in [0.25, 0.3) is 0 Å². The van der Waals surface area contributed by atoms with Crippen LogP contribution < -0.4 is 5.73 Å². The summed E-state index contributed by atoms with van der Waals surface area (Å²) in [6.45, 7) is 3.93. The number of ether oxygens (including phenoxy) is 1. The molecule has 0 spiro atoms. The molecular formula is C11H18N2O2. The van der Waals surface area contributed by atoms with E-state index in [0.717, 1.165) is 5.56 Å². The lowest BCUT2D eigenvalue weighted by atomic mass is 9.86. The largest absolute Gasteiger partial charge is 0.469 e. The van der Waals surface area contributed by atoms with E-state index in [2.05, 4.69) is 4.98 Å². The fourth-order valence-corrected chi connectivity index (χ4v) is 1.72. The molecule has 1 heterocycles. The Kier molecular flexibility index (Phi) is 3.91. The van der Waals surface area contributed by atoms with Crippen LogP contribution in [0.5, 0.6) is 0 Å². The maximum atomic E-state index is 11.6. The molecular weight excluding hydrogens is 192 g/mol. The number of aromatic amines is 1. The van der Waals surface area contributed by atoms with Crippen LogP contribution in [0.3, 0.4) is 0 Å². The van der Waals surface area contributed by atoms with Gasteiger partial charge < -0.3 is 15.5 Å². The summed E-state index contributed by atoms with van der Waals surface area (Å²) in [5, 5.41) is 0. The monoisotopic (exact) mass is 210 g/mol. The molecule has 0 radical (unpaired) electrons. The summed E-state index contributed by atoms with van der Waals surface area (Å²) in [6, 6.07) is 1.56. The molecule has 0 bridgehead atoms. The maximum absolute atomic E-state index is 11.6. The van der Waals surface area contributed by atoms with E-state index in [1.165, 1.54) is 7.11 Å². The molecule has 0 aliphatic carbocycles. The molecule has 2 atom stereocenters. The number of rotatable bonds is 4. The Bertz CT molecular complexity index is 306. The van der Waals surface area contributed by atoms with Crippen molar-refractivity contribution in [3.05, 3.63) is 24.0 Å². The van der Waals surface area contributed by atoms with E-state index in [4.69, 9.17) is 10.5 Å². The number of methoxy groups -OCH3 is 1. The minimum Gasteiger partial charge on any atom is -0.469 e. The standard InChI is InChI=1S/C11H18N2O2/c1-7(2)9(11(14)15-3)10(12)8-4-5-13-6-8/h4-7,9-10,13H,12H2,1-3H3. The number of nitrogens with two attached hydrogens (primary N) is 1. The lowest BCUT2D eigenvalue weighted by molar-refractivity contribution is -0.147. The minimum absolute atomic E-state index is 0.155. The van der Waals surface area contributed by atoms with Crippen molar-refractivity contribution < 1.29 is 9.53 Å². The van der Waals surface area contributed by atoms with Crippen molar-refractivity contribution in [2.75, 3.05) is 7.11 Å². The Labute approximate surface area is 89.8 Å². The Morgan fingerprint density at radius 2 is 2.20 bits per heavy atom. The van der Waals surface area contributed by atoms with E-state index >= 15 is 0 Å². The average molecular weight is 210 g/mol. The second kappa shape index (κ2) is 4.98. The summed E-state index contributed by atoms with van der Waals surface area (Å²) in [7, 11) is 1.39. The normalized spacial score (nSPS) is 15.0. The lowest BCUT2D eigenvalue weighted by Crippen LogP contribution is -2.32. The van der Waals surface area contributed by atoms with Gasteiger partial charge in [0, 0.05) is 18.4 Å². The quantitative estimate of drug-likeness (QED) is 0.739. The molecule has 0 aromatic carbocycles. The summed E-state index contributed by atoms with van der Waals surface area (Å²) < 4.78 is 4.76. The van der Waals surface area contributed by atoms with Gasteiger partial charge in [0.1, 0.15) is 0 Å². The van der Waals surface area contributed by atoms with Crippen LogP contribution in [-0.2, 0) is 9.53 Å². The number of hydrogen-bond acceptors (Lipinski definition) is 3. The summed E-state index contributed by atoms with van der Waals surface area (Å²) in [6.07, 6.45) is 3.60. The van der Waals surface area contributed by atoms with Gasteiger partial charge in [-0.2, -0.15) is 0 Å². The molecule has 0 aliphatic rings. The molecule has 2 unspecified atom stereocenters. The Hall–Kier alpha value is -1.29. The molecule has 0 amide bonds. The third kappa shape index (κ3) is 2.59. The van der Waals surface area contributed by atoms with Crippen molar-refractivity contribution in [2.24, 2.45) is 17.6 Å². The zero-order chi connectivity index (χ0) is 11.4. The van der Waals surface area contributed by atoms with E-state index in [0.29, 0.717) is 0 Å². The molecule has 15 heavy (non-hydrogen) atoms. The van der Waals surface area contributed by atoms with Crippen molar-refractivity contribution >= 4 is 5.97 Å². The number of carbonyl (C=O) groups excluding carboxylic acids is 1. The predicted molar refractivity (Wildman–Crippen MR) is 58.1 cm³/mol. The van der Waals surface area contributed by atoms with E-state index in [9.17, 15) is 4.79 Å². The van der Waals surface area contributed by atoms with Crippen molar-refractivity contribution in [1.29, 1.82) is 0 Å². The zero-order valence-corrected chi connectivity index (χ0v) is 9.36. The molecule has 84 valence electrons. The van der Waals surface area contributed by atoms with Gasteiger partial charge in [-0.15, -0.1) is 0 Å². The fourth-order valence-electron chi connectivity index (χ4n) is 1.72. The SMILES string of the molecule is COC(=O)C(C(C)C)C(N)c1cc[nH]c1. The first-order valence-corrected chi connectivity index (χ1v) is 5.04. The number of aromatic nitrogens is 1. The smallest absolute Gasteiger partial charge is 0.310 e. The first-order chi connectivity index (χ1) is 7.07. The van der Waals surface area contributed by atoms with E-state index in [-0.39, 0.29) is 23.8 Å². The van der Waals surface area contributed by atoms with Gasteiger partial charge in [-0.05, 0) is 17.5 Å². The van der Waals surface area contributed by atoms with Crippen LogP contribution in [0.1, 0.15) is 25.5 Å². The van der Waals surface area contributed by atoms with Crippen LogP contribution in [0.4, 0.5) is 0 Å². The van der Waals surface area contributed by atoms with Gasteiger partial charge in [-0.25, -0.2) is 0 Å². The topological polar surface area (TPSA) is 68.1 Å². The van der Waals surface area contributed by atoms with Gasteiger partial charge in [0.2, 0.25) is 0 Å². The Balaban J connectivity index is 2.85. The molecule has 1 aromatic heterocycles. The number of carbonyl (C=O) groups is 1. The third-order valence-corrected chi connectivity index (χ3v) is 2.59. The van der Waals surface area contributed by atoms with Crippen molar-refractivity contribution in [3.63, 3.8) is 0 Å². The predicted octanol–water partition coefficient (Wildman–Crippen LogP) is 1.46. The highest BCUT2D eigenvalue weighted by molar-refractivity contribution is 5.73. The average Bonchev–Trinajstić information content (AvgIpc) is 2.69. The molecule has 1 rings (SSSR count). The highest BCUT2D eigenvalue weighted by Gasteiger charge is 2.30. The second-order valence-corrected chi connectivity index (χ2v) is 3.96. The van der Waals surface area contributed by atoms with Crippen molar-refractivity contribution in [3.8, 4) is 0 Å². The number of esters is 1. The van der Waals surface area contributed by atoms with Crippen molar-refractivity contribution in [1.82, 2.24) is 4.98 Å². The second-order valence-electron chi connectivity index (χ2n) is 3.96. The zero-order valence-electron chi connectivity index (χ0n) is 9.36. The minimum atomic E-state index is -0.316. The number of hydrogen-bond donors (Lipinski definition) is 2. The van der Waals surface area contributed by atoms with E-state index < -0.39 is 0 Å². The van der Waals surface area contributed by atoms with Gasteiger partial charge in [-0.3, -0.25) is 4.79 Å². The summed E-state index contributed by atoms with van der Waals surface area (Å²) in [5.74, 6) is -0.396. The Morgan fingerprint density at radius 3 is 2.60 bits per heavy atom. The molecule has 0 fully saturated rings. The van der Waals surface area contributed by atoms with Gasteiger partial charge >= 0.3 is 5.97 Å².